The van der Waals surface area contributed by atoms with Gasteiger partial charge in [-0.15, -0.1) is 0 Å². The molecule has 2 heterocycles. The standard InChI is InChI=1S/C15H16ClNO/c16-12-4-1-3-10-9-13(18-14(10)12)15(11-5-6-11)7-2-8-17-15/h1,3-4,9,11,17H,2,5-8H2. The Kier molecular flexibility index (Phi) is 2.27. The molecule has 1 aliphatic carbocycles. The van der Waals surface area contributed by atoms with Crippen LogP contribution in [0, 0.1) is 5.92 Å². The molecule has 3 heteroatoms. The Morgan fingerprint density at radius 2 is 2.22 bits per heavy atom. The van der Waals surface area contributed by atoms with E-state index in [1.807, 2.05) is 12.1 Å². The fraction of sp³-hybridized carbons (Fsp3) is 0.467. The minimum absolute atomic E-state index is 0.0857. The van der Waals surface area contributed by atoms with Crippen molar-refractivity contribution >= 4 is 22.6 Å². The van der Waals surface area contributed by atoms with Crippen LogP contribution in [-0.2, 0) is 5.54 Å². The van der Waals surface area contributed by atoms with E-state index in [9.17, 15) is 0 Å². The second kappa shape index (κ2) is 3.75. The van der Waals surface area contributed by atoms with Crippen LogP contribution in [0.2, 0.25) is 5.02 Å². The predicted octanol–water partition coefficient (Wildman–Crippen LogP) is 4.07. The van der Waals surface area contributed by atoms with E-state index in [4.69, 9.17) is 16.0 Å². The van der Waals surface area contributed by atoms with Crippen LogP contribution in [0.15, 0.2) is 28.7 Å². The van der Waals surface area contributed by atoms with Crippen LogP contribution in [0.25, 0.3) is 11.0 Å². The molecule has 0 amide bonds. The molecule has 0 spiro atoms. The summed E-state index contributed by atoms with van der Waals surface area (Å²) in [7, 11) is 0. The van der Waals surface area contributed by atoms with Gasteiger partial charge in [-0.1, -0.05) is 23.7 Å². The number of fused-ring (bicyclic) bond motifs is 1. The van der Waals surface area contributed by atoms with Crippen LogP contribution in [0.3, 0.4) is 0 Å². The molecule has 94 valence electrons. The third-order valence-electron chi connectivity index (χ3n) is 4.40. The molecule has 2 aliphatic rings. The lowest BCUT2D eigenvalue weighted by molar-refractivity contribution is 0.275. The summed E-state index contributed by atoms with van der Waals surface area (Å²) in [5.74, 6) is 1.84. The maximum atomic E-state index is 6.20. The van der Waals surface area contributed by atoms with Crippen molar-refractivity contribution in [2.45, 2.75) is 31.2 Å². The Bertz CT molecular complexity index is 594. The zero-order chi connectivity index (χ0) is 12.2. The molecule has 1 saturated carbocycles. The largest absolute Gasteiger partial charge is 0.458 e. The Balaban J connectivity index is 1.88. The highest BCUT2D eigenvalue weighted by molar-refractivity contribution is 6.34. The molecule has 1 aromatic carbocycles. The van der Waals surface area contributed by atoms with Gasteiger partial charge in [0.1, 0.15) is 5.76 Å². The highest BCUT2D eigenvalue weighted by Crippen LogP contribution is 2.51. The van der Waals surface area contributed by atoms with E-state index in [-0.39, 0.29) is 5.54 Å². The van der Waals surface area contributed by atoms with Gasteiger partial charge in [-0.3, -0.25) is 0 Å². The average Bonchev–Trinajstić information content (AvgIpc) is 2.94. The van der Waals surface area contributed by atoms with E-state index in [1.54, 1.807) is 0 Å². The second-order valence-corrected chi connectivity index (χ2v) is 5.95. The van der Waals surface area contributed by atoms with Gasteiger partial charge in [0.15, 0.2) is 5.58 Å². The normalized spacial score (nSPS) is 28.1. The average molecular weight is 262 g/mol. The van der Waals surface area contributed by atoms with Gasteiger partial charge in [-0.05, 0) is 50.3 Å². The highest BCUT2D eigenvalue weighted by atomic mass is 35.5. The van der Waals surface area contributed by atoms with Crippen LogP contribution in [0.4, 0.5) is 0 Å². The van der Waals surface area contributed by atoms with Crippen molar-refractivity contribution in [3.8, 4) is 0 Å². The maximum absolute atomic E-state index is 6.20. The zero-order valence-corrected chi connectivity index (χ0v) is 11.0. The van der Waals surface area contributed by atoms with Crippen molar-refractivity contribution in [2.75, 3.05) is 6.54 Å². The monoisotopic (exact) mass is 261 g/mol. The number of hydrogen-bond donors (Lipinski definition) is 1. The lowest BCUT2D eigenvalue weighted by Gasteiger charge is -2.27. The minimum atomic E-state index is 0.0857. The fourth-order valence-corrected chi connectivity index (χ4v) is 3.57. The van der Waals surface area contributed by atoms with Crippen molar-refractivity contribution in [2.24, 2.45) is 5.92 Å². The lowest BCUT2D eigenvalue weighted by atomic mass is 9.88. The number of rotatable bonds is 2. The van der Waals surface area contributed by atoms with Crippen molar-refractivity contribution < 1.29 is 4.42 Å². The number of hydrogen-bond acceptors (Lipinski definition) is 2. The molecule has 1 atom stereocenters. The molecular formula is C15H16ClNO. The molecule has 1 aromatic heterocycles. The Labute approximate surface area is 111 Å². The van der Waals surface area contributed by atoms with Gasteiger partial charge < -0.3 is 9.73 Å². The zero-order valence-electron chi connectivity index (χ0n) is 10.2. The first-order valence-corrected chi connectivity index (χ1v) is 7.11. The molecule has 18 heavy (non-hydrogen) atoms. The first-order chi connectivity index (χ1) is 8.79. The molecule has 2 fully saturated rings. The quantitative estimate of drug-likeness (QED) is 0.881. The minimum Gasteiger partial charge on any atom is -0.458 e. The summed E-state index contributed by atoms with van der Waals surface area (Å²) in [5, 5.41) is 5.52. The molecule has 1 unspecified atom stereocenters. The van der Waals surface area contributed by atoms with Gasteiger partial charge in [0, 0.05) is 5.39 Å². The van der Waals surface area contributed by atoms with E-state index < -0.39 is 0 Å². The number of nitrogens with one attached hydrogen (secondary N) is 1. The van der Waals surface area contributed by atoms with Gasteiger partial charge in [0.25, 0.3) is 0 Å². The smallest absolute Gasteiger partial charge is 0.152 e. The van der Waals surface area contributed by atoms with Gasteiger partial charge in [-0.25, -0.2) is 0 Å². The Morgan fingerprint density at radius 1 is 1.33 bits per heavy atom. The van der Waals surface area contributed by atoms with Crippen molar-refractivity contribution in [3.63, 3.8) is 0 Å². The first kappa shape index (κ1) is 10.9. The SMILES string of the molecule is Clc1cccc2cc(C3(C4CC4)CCCN3)oc12. The third kappa shape index (κ3) is 1.45. The van der Waals surface area contributed by atoms with Crippen LogP contribution in [0.1, 0.15) is 31.4 Å². The first-order valence-electron chi connectivity index (χ1n) is 6.73. The van der Waals surface area contributed by atoms with E-state index in [0.29, 0.717) is 5.02 Å². The maximum Gasteiger partial charge on any atom is 0.152 e. The summed E-state index contributed by atoms with van der Waals surface area (Å²) < 4.78 is 6.09. The van der Waals surface area contributed by atoms with E-state index in [1.165, 1.54) is 25.7 Å². The summed E-state index contributed by atoms with van der Waals surface area (Å²) in [6.07, 6.45) is 5.06. The molecule has 0 radical (unpaired) electrons. The van der Waals surface area contributed by atoms with Crippen molar-refractivity contribution in [1.29, 1.82) is 0 Å². The topological polar surface area (TPSA) is 25.2 Å². The third-order valence-corrected chi connectivity index (χ3v) is 4.70. The van der Waals surface area contributed by atoms with Gasteiger partial charge in [0.2, 0.25) is 0 Å². The summed E-state index contributed by atoms with van der Waals surface area (Å²) in [6.45, 7) is 1.10. The summed E-state index contributed by atoms with van der Waals surface area (Å²) >= 11 is 6.20. The Morgan fingerprint density at radius 3 is 2.89 bits per heavy atom. The van der Waals surface area contributed by atoms with E-state index in [2.05, 4.69) is 17.4 Å². The molecule has 2 nitrogen and oxygen atoms in total. The lowest BCUT2D eigenvalue weighted by Crippen LogP contribution is -2.38. The molecule has 1 N–H and O–H groups in total. The second-order valence-electron chi connectivity index (χ2n) is 5.54. The summed E-state index contributed by atoms with van der Waals surface area (Å²) in [4.78, 5) is 0. The molecule has 4 rings (SSSR count). The molecule has 1 aliphatic heterocycles. The number of benzene rings is 1. The van der Waals surface area contributed by atoms with Gasteiger partial charge in [-0.2, -0.15) is 0 Å². The van der Waals surface area contributed by atoms with Crippen LogP contribution < -0.4 is 5.32 Å². The number of para-hydroxylation sites is 1. The summed E-state index contributed by atoms with van der Waals surface area (Å²) in [6, 6.07) is 8.13. The van der Waals surface area contributed by atoms with E-state index in [0.717, 1.165) is 29.2 Å². The number of halogens is 1. The number of furan rings is 1. The molecule has 2 aromatic rings. The molecular weight excluding hydrogens is 246 g/mol. The van der Waals surface area contributed by atoms with E-state index >= 15 is 0 Å². The predicted molar refractivity (Wildman–Crippen MR) is 72.9 cm³/mol. The van der Waals surface area contributed by atoms with Crippen LogP contribution in [0.5, 0.6) is 0 Å². The van der Waals surface area contributed by atoms with Crippen LogP contribution >= 0.6 is 11.6 Å². The molecule has 0 bridgehead atoms. The van der Waals surface area contributed by atoms with Gasteiger partial charge >= 0.3 is 0 Å². The van der Waals surface area contributed by atoms with Crippen molar-refractivity contribution in [1.82, 2.24) is 5.32 Å². The van der Waals surface area contributed by atoms with Gasteiger partial charge in [0.05, 0.1) is 10.6 Å². The summed E-state index contributed by atoms with van der Waals surface area (Å²) in [5.41, 5.74) is 0.922. The Hall–Kier alpha value is -0.990. The van der Waals surface area contributed by atoms with Crippen LogP contribution in [-0.4, -0.2) is 6.54 Å². The fourth-order valence-electron chi connectivity index (χ4n) is 3.35. The highest BCUT2D eigenvalue weighted by Gasteiger charge is 2.50. The molecule has 1 saturated heterocycles. The van der Waals surface area contributed by atoms with Crippen molar-refractivity contribution in [3.05, 3.63) is 35.0 Å².